The number of hydrogen-bond donors (Lipinski definition) is 1. The molecule has 0 spiro atoms. The Labute approximate surface area is 123 Å². The highest BCUT2D eigenvalue weighted by Gasteiger charge is 2.43. The average Bonchev–Trinajstić information content (AvgIpc) is 3.32. The smallest absolute Gasteiger partial charge is 0.142 e. The summed E-state index contributed by atoms with van der Waals surface area (Å²) in [4.78, 5) is 13.0. The highest BCUT2D eigenvalue weighted by Crippen LogP contribution is 2.46. The lowest BCUT2D eigenvalue weighted by atomic mass is 9.80. The predicted octanol–water partition coefficient (Wildman–Crippen LogP) is 2.62. The molecular formula is C16H17N5. The summed E-state index contributed by atoms with van der Waals surface area (Å²) < 4.78 is 0. The van der Waals surface area contributed by atoms with Crippen molar-refractivity contribution in [2.24, 2.45) is 5.92 Å². The number of nitrogens with two attached hydrogens (primary N) is 1. The van der Waals surface area contributed by atoms with E-state index in [4.69, 9.17) is 5.73 Å². The summed E-state index contributed by atoms with van der Waals surface area (Å²) in [7, 11) is 0. The van der Waals surface area contributed by atoms with E-state index < -0.39 is 5.41 Å². The lowest BCUT2D eigenvalue weighted by Gasteiger charge is -2.21. The number of nitrogens with zero attached hydrogens (tertiary/aromatic N) is 4. The van der Waals surface area contributed by atoms with Gasteiger partial charge in [0.25, 0.3) is 0 Å². The highest BCUT2D eigenvalue weighted by atomic mass is 14.9. The molecule has 0 amide bonds. The van der Waals surface area contributed by atoms with E-state index in [0.29, 0.717) is 11.7 Å². The van der Waals surface area contributed by atoms with Gasteiger partial charge in [-0.3, -0.25) is 4.98 Å². The molecule has 1 fully saturated rings. The molecule has 21 heavy (non-hydrogen) atoms. The van der Waals surface area contributed by atoms with Crippen LogP contribution in [0, 0.1) is 24.2 Å². The molecule has 5 nitrogen and oxygen atoms in total. The van der Waals surface area contributed by atoms with Crippen molar-refractivity contribution in [1.29, 1.82) is 5.26 Å². The van der Waals surface area contributed by atoms with Gasteiger partial charge in [0.15, 0.2) is 0 Å². The zero-order valence-electron chi connectivity index (χ0n) is 12.2. The van der Waals surface area contributed by atoms with Crippen molar-refractivity contribution in [1.82, 2.24) is 15.0 Å². The molecule has 1 unspecified atom stereocenters. The fraction of sp³-hybridized carbons (Fsp3) is 0.375. The van der Waals surface area contributed by atoms with Crippen LogP contribution in [-0.4, -0.2) is 15.0 Å². The first-order chi connectivity index (χ1) is 10.0. The summed E-state index contributed by atoms with van der Waals surface area (Å²) in [6.45, 7) is 3.85. The highest BCUT2D eigenvalue weighted by molar-refractivity contribution is 5.58. The van der Waals surface area contributed by atoms with Gasteiger partial charge in [-0.25, -0.2) is 9.97 Å². The van der Waals surface area contributed by atoms with Gasteiger partial charge in [0, 0.05) is 6.20 Å². The molecule has 1 aliphatic carbocycles. The van der Waals surface area contributed by atoms with Gasteiger partial charge in [0.05, 0.1) is 29.1 Å². The predicted molar refractivity (Wildman–Crippen MR) is 80.1 cm³/mol. The van der Waals surface area contributed by atoms with E-state index in [-0.39, 0.29) is 0 Å². The number of pyridine rings is 1. The number of aromatic nitrogens is 3. The second-order valence-electron chi connectivity index (χ2n) is 5.75. The number of aryl methyl sites for hydroxylation is 1. The zero-order chi connectivity index (χ0) is 15.0. The molecule has 1 aliphatic rings. The number of rotatable bonds is 3. The molecule has 0 aliphatic heterocycles. The molecule has 106 valence electrons. The van der Waals surface area contributed by atoms with Crippen molar-refractivity contribution in [2.45, 2.75) is 32.1 Å². The average molecular weight is 279 g/mol. The molecule has 1 saturated carbocycles. The third-order valence-electron chi connectivity index (χ3n) is 4.20. The summed E-state index contributed by atoms with van der Waals surface area (Å²) in [5.41, 5.74) is 8.37. The number of hydrogen-bond acceptors (Lipinski definition) is 5. The van der Waals surface area contributed by atoms with E-state index in [1.165, 1.54) is 6.20 Å². The van der Waals surface area contributed by atoms with Crippen molar-refractivity contribution in [3.05, 3.63) is 35.8 Å². The first kappa shape index (κ1) is 13.5. The molecule has 0 saturated heterocycles. The van der Waals surface area contributed by atoms with Crippen LogP contribution in [0.1, 0.15) is 31.0 Å². The summed E-state index contributed by atoms with van der Waals surface area (Å²) in [6.07, 6.45) is 5.55. The maximum atomic E-state index is 9.50. The third-order valence-corrected chi connectivity index (χ3v) is 4.20. The molecule has 0 aromatic carbocycles. The Balaban J connectivity index is 1.96. The van der Waals surface area contributed by atoms with Crippen LogP contribution in [0.25, 0.3) is 11.4 Å². The van der Waals surface area contributed by atoms with Crippen molar-refractivity contribution in [2.75, 3.05) is 5.73 Å². The first-order valence-electron chi connectivity index (χ1n) is 7.02. The monoisotopic (exact) mass is 279 g/mol. The zero-order valence-corrected chi connectivity index (χ0v) is 12.2. The van der Waals surface area contributed by atoms with Gasteiger partial charge >= 0.3 is 0 Å². The van der Waals surface area contributed by atoms with Gasteiger partial charge in [0.2, 0.25) is 0 Å². The van der Waals surface area contributed by atoms with Gasteiger partial charge < -0.3 is 5.73 Å². The Kier molecular flexibility index (Phi) is 3.09. The third kappa shape index (κ3) is 2.33. The minimum atomic E-state index is -0.437. The number of nitrogen functional groups attached to an aromatic ring is 1. The van der Waals surface area contributed by atoms with Crippen LogP contribution in [0.4, 0.5) is 5.82 Å². The number of nitriles is 1. The van der Waals surface area contributed by atoms with Crippen LogP contribution in [0.3, 0.4) is 0 Å². The van der Waals surface area contributed by atoms with Crippen molar-refractivity contribution < 1.29 is 0 Å². The van der Waals surface area contributed by atoms with Gasteiger partial charge in [-0.15, -0.1) is 0 Å². The Hall–Kier alpha value is -2.48. The van der Waals surface area contributed by atoms with Crippen LogP contribution in [0.2, 0.25) is 0 Å². The normalized spacial score (nSPS) is 17.0. The number of anilines is 1. The quantitative estimate of drug-likeness (QED) is 0.933. The second kappa shape index (κ2) is 4.81. The van der Waals surface area contributed by atoms with Crippen molar-refractivity contribution in [3.8, 4) is 17.5 Å². The SMILES string of the molecule is Cc1nc(N)cnc1-c1ccc(C(C)(C#N)C2CC2)cn1. The van der Waals surface area contributed by atoms with Crippen molar-refractivity contribution in [3.63, 3.8) is 0 Å². The lowest BCUT2D eigenvalue weighted by Crippen LogP contribution is -2.22. The summed E-state index contributed by atoms with van der Waals surface area (Å²) in [5.74, 6) is 0.854. The molecule has 3 rings (SSSR count). The summed E-state index contributed by atoms with van der Waals surface area (Å²) in [6, 6.07) is 6.33. The minimum absolute atomic E-state index is 0.402. The van der Waals surface area contributed by atoms with Crippen LogP contribution >= 0.6 is 0 Å². The van der Waals surface area contributed by atoms with Gasteiger partial charge in [0.1, 0.15) is 11.5 Å². The first-order valence-corrected chi connectivity index (χ1v) is 7.02. The molecule has 2 N–H and O–H groups in total. The largest absolute Gasteiger partial charge is 0.382 e. The molecule has 0 bridgehead atoms. The van der Waals surface area contributed by atoms with E-state index in [9.17, 15) is 5.26 Å². The van der Waals surface area contributed by atoms with Crippen LogP contribution in [0.5, 0.6) is 0 Å². The Morgan fingerprint density at radius 1 is 1.29 bits per heavy atom. The molecule has 2 aromatic heterocycles. The van der Waals surface area contributed by atoms with Crippen molar-refractivity contribution >= 4 is 5.82 Å². The molecular weight excluding hydrogens is 262 g/mol. The van der Waals surface area contributed by atoms with E-state index >= 15 is 0 Å². The van der Waals surface area contributed by atoms with Gasteiger partial charge in [-0.1, -0.05) is 6.07 Å². The standard InChI is InChI=1S/C16H17N5/c1-10-15(20-8-14(18)21-10)13-6-5-12(7-19-13)16(2,9-17)11-3-4-11/h5-8,11H,3-4H2,1-2H3,(H2,18,21). The van der Waals surface area contributed by atoms with Gasteiger partial charge in [-0.05, 0) is 44.2 Å². The Morgan fingerprint density at radius 3 is 2.57 bits per heavy atom. The maximum absolute atomic E-state index is 9.50. The molecule has 0 radical (unpaired) electrons. The van der Waals surface area contributed by atoms with E-state index in [1.54, 1.807) is 6.20 Å². The fourth-order valence-corrected chi connectivity index (χ4v) is 2.64. The van der Waals surface area contributed by atoms with Crippen LogP contribution in [-0.2, 0) is 5.41 Å². The lowest BCUT2D eigenvalue weighted by molar-refractivity contribution is 0.527. The maximum Gasteiger partial charge on any atom is 0.142 e. The molecule has 2 aromatic rings. The topological polar surface area (TPSA) is 88.5 Å². The molecule has 2 heterocycles. The molecule has 1 atom stereocenters. The molecule has 5 heteroatoms. The minimum Gasteiger partial charge on any atom is -0.382 e. The van der Waals surface area contributed by atoms with E-state index in [0.717, 1.165) is 35.5 Å². The van der Waals surface area contributed by atoms with Gasteiger partial charge in [-0.2, -0.15) is 5.26 Å². The van der Waals surface area contributed by atoms with E-state index in [1.807, 2.05) is 26.0 Å². The van der Waals surface area contributed by atoms with Crippen LogP contribution < -0.4 is 5.73 Å². The Bertz CT molecular complexity index is 712. The second-order valence-corrected chi connectivity index (χ2v) is 5.75. The summed E-state index contributed by atoms with van der Waals surface area (Å²) in [5, 5.41) is 9.50. The fourth-order valence-electron chi connectivity index (χ4n) is 2.64. The Morgan fingerprint density at radius 2 is 2.05 bits per heavy atom. The van der Waals surface area contributed by atoms with Crippen LogP contribution in [0.15, 0.2) is 24.5 Å². The summed E-state index contributed by atoms with van der Waals surface area (Å²) >= 11 is 0. The van der Waals surface area contributed by atoms with E-state index in [2.05, 4.69) is 21.0 Å².